The molecule has 2 aromatic carbocycles. The highest BCUT2D eigenvalue weighted by Gasteiger charge is 2.02. The Balaban J connectivity index is 1.68. The molecule has 0 aliphatic rings. The van der Waals surface area contributed by atoms with Gasteiger partial charge in [0.1, 0.15) is 12.2 Å². The molecule has 1 heterocycles. The fourth-order valence-corrected chi connectivity index (χ4v) is 2.07. The van der Waals surface area contributed by atoms with Gasteiger partial charge in [0, 0.05) is 18.3 Å². The Hall–Kier alpha value is -2.89. The highest BCUT2D eigenvalue weighted by molar-refractivity contribution is 5.88. The minimum atomic E-state index is -0.0789. The molecular weight excluding hydrogens is 266 g/mol. The normalized spacial score (nSPS) is 10.5. The Labute approximate surface area is 121 Å². The lowest BCUT2D eigenvalue weighted by atomic mass is 10.3. The van der Waals surface area contributed by atoms with Gasteiger partial charge in [-0.15, -0.1) is 5.10 Å². The van der Waals surface area contributed by atoms with E-state index in [0.29, 0.717) is 6.67 Å². The summed E-state index contributed by atoms with van der Waals surface area (Å²) in [5.74, 6) is -0.0789. The average Bonchev–Trinajstić information content (AvgIpc) is 2.89. The van der Waals surface area contributed by atoms with Crippen molar-refractivity contribution in [3.8, 4) is 0 Å². The summed E-state index contributed by atoms with van der Waals surface area (Å²) in [6, 6.07) is 15.3. The van der Waals surface area contributed by atoms with Gasteiger partial charge in [0.15, 0.2) is 0 Å². The number of hydrogen-bond donors (Lipinski definition) is 2. The van der Waals surface area contributed by atoms with Crippen molar-refractivity contribution in [2.75, 3.05) is 10.6 Å². The van der Waals surface area contributed by atoms with E-state index in [1.807, 2.05) is 48.5 Å². The predicted molar refractivity (Wildman–Crippen MR) is 81.9 cm³/mol. The molecule has 1 aromatic heterocycles. The van der Waals surface area contributed by atoms with Crippen molar-refractivity contribution in [1.82, 2.24) is 15.0 Å². The van der Waals surface area contributed by atoms with Gasteiger partial charge in [-0.1, -0.05) is 17.3 Å². The summed E-state index contributed by atoms with van der Waals surface area (Å²) in [5.41, 5.74) is 3.59. The molecular formula is C15H15N5O. The molecule has 0 aliphatic carbocycles. The second-order valence-corrected chi connectivity index (χ2v) is 4.67. The minimum Gasteiger partial charge on any atom is -0.366 e. The molecule has 2 N–H and O–H groups in total. The van der Waals surface area contributed by atoms with Crippen LogP contribution in [0.1, 0.15) is 6.92 Å². The van der Waals surface area contributed by atoms with Crippen LogP contribution in [-0.2, 0) is 11.5 Å². The number of para-hydroxylation sites is 1. The number of hydrogen-bond acceptors (Lipinski definition) is 4. The molecule has 3 rings (SSSR count). The van der Waals surface area contributed by atoms with E-state index in [9.17, 15) is 4.79 Å². The first-order valence-corrected chi connectivity index (χ1v) is 6.62. The number of fused-ring (bicyclic) bond motifs is 1. The van der Waals surface area contributed by atoms with E-state index in [1.165, 1.54) is 6.92 Å². The molecule has 1 amide bonds. The van der Waals surface area contributed by atoms with Crippen molar-refractivity contribution in [2.24, 2.45) is 0 Å². The third-order valence-corrected chi connectivity index (χ3v) is 3.06. The summed E-state index contributed by atoms with van der Waals surface area (Å²) >= 11 is 0. The summed E-state index contributed by atoms with van der Waals surface area (Å²) in [5, 5.41) is 14.2. The molecule has 21 heavy (non-hydrogen) atoms. The third-order valence-electron chi connectivity index (χ3n) is 3.06. The van der Waals surface area contributed by atoms with Crippen LogP contribution >= 0.6 is 0 Å². The number of nitrogens with zero attached hydrogens (tertiary/aromatic N) is 3. The molecule has 0 saturated heterocycles. The molecule has 0 saturated carbocycles. The van der Waals surface area contributed by atoms with Crippen LogP contribution in [0, 0.1) is 0 Å². The van der Waals surface area contributed by atoms with E-state index in [4.69, 9.17) is 0 Å². The second-order valence-electron chi connectivity index (χ2n) is 4.67. The number of anilines is 2. The van der Waals surface area contributed by atoms with Gasteiger partial charge in [0.2, 0.25) is 5.91 Å². The van der Waals surface area contributed by atoms with Gasteiger partial charge >= 0.3 is 0 Å². The van der Waals surface area contributed by atoms with Crippen LogP contribution in [-0.4, -0.2) is 20.9 Å². The lowest BCUT2D eigenvalue weighted by Crippen LogP contribution is -2.10. The van der Waals surface area contributed by atoms with Crippen molar-refractivity contribution in [3.63, 3.8) is 0 Å². The van der Waals surface area contributed by atoms with Crippen LogP contribution in [0.5, 0.6) is 0 Å². The van der Waals surface area contributed by atoms with Crippen LogP contribution < -0.4 is 10.6 Å². The molecule has 6 heteroatoms. The standard InChI is InChI=1S/C15H15N5O/c1-11(21)17-13-8-6-12(7-9-13)16-10-20-15-5-3-2-4-14(15)18-19-20/h2-9,16H,10H2,1H3,(H,17,21). The van der Waals surface area contributed by atoms with Crippen molar-refractivity contribution in [1.29, 1.82) is 0 Å². The third kappa shape index (κ3) is 3.00. The first-order chi connectivity index (χ1) is 10.2. The zero-order valence-electron chi connectivity index (χ0n) is 11.6. The SMILES string of the molecule is CC(=O)Nc1ccc(NCn2nnc3ccccc32)cc1. The number of nitrogens with one attached hydrogen (secondary N) is 2. The number of amides is 1. The number of benzene rings is 2. The van der Waals surface area contributed by atoms with Crippen molar-refractivity contribution in [2.45, 2.75) is 13.6 Å². The van der Waals surface area contributed by atoms with E-state index in [0.717, 1.165) is 22.4 Å². The van der Waals surface area contributed by atoms with Gasteiger partial charge in [-0.2, -0.15) is 0 Å². The van der Waals surface area contributed by atoms with Gasteiger partial charge in [0.05, 0.1) is 5.52 Å². The summed E-state index contributed by atoms with van der Waals surface area (Å²) < 4.78 is 1.80. The molecule has 0 aliphatic heterocycles. The van der Waals surface area contributed by atoms with Crippen LogP contribution in [0.2, 0.25) is 0 Å². The van der Waals surface area contributed by atoms with E-state index < -0.39 is 0 Å². The highest BCUT2D eigenvalue weighted by Crippen LogP contribution is 2.14. The molecule has 106 valence electrons. The number of rotatable bonds is 4. The maximum atomic E-state index is 11.0. The van der Waals surface area contributed by atoms with E-state index in [2.05, 4.69) is 20.9 Å². The largest absolute Gasteiger partial charge is 0.366 e. The van der Waals surface area contributed by atoms with Crippen LogP contribution in [0.4, 0.5) is 11.4 Å². The number of aromatic nitrogens is 3. The van der Waals surface area contributed by atoms with E-state index >= 15 is 0 Å². The molecule has 3 aromatic rings. The van der Waals surface area contributed by atoms with Crippen LogP contribution in [0.3, 0.4) is 0 Å². The summed E-state index contributed by atoms with van der Waals surface area (Å²) in [4.78, 5) is 11.0. The fraction of sp³-hybridized carbons (Fsp3) is 0.133. The first kappa shape index (κ1) is 13.1. The average molecular weight is 281 g/mol. The smallest absolute Gasteiger partial charge is 0.221 e. The van der Waals surface area contributed by atoms with E-state index in [-0.39, 0.29) is 5.91 Å². The fourth-order valence-electron chi connectivity index (χ4n) is 2.07. The summed E-state index contributed by atoms with van der Waals surface area (Å²) in [6.07, 6.45) is 0. The van der Waals surface area contributed by atoms with E-state index in [1.54, 1.807) is 4.68 Å². The highest BCUT2D eigenvalue weighted by atomic mass is 16.1. The molecule has 0 unspecified atom stereocenters. The van der Waals surface area contributed by atoms with Crippen LogP contribution in [0.25, 0.3) is 11.0 Å². The minimum absolute atomic E-state index is 0.0789. The maximum absolute atomic E-state index is 11.0. The lowest BCUT2D eigenvalue weighted by Gasteiger charge is -2.08. The van der Waals surface area contributed by atoms with Crippen molar-refractivity contribution >= 4 is 28.3 Å². The topological polar surface area (TPSA) is 71.8 Å². The second kappa shape index (κ2) is 5.62. The molecule has 0 radical (unpaired) electrons. The summed E-state index contributed by atoms with van der Waals surface area (Å²) in [6.45, 7) is 2.02. The Bertz CT molecular complexity index is 763. The zero-order chi connectivity index (χ0) is 14.7. The van der Waals surface area contributed by atoms with Crippen LogP contribution in [0.15, 0.2) is 48.5 Å². The molecule has 0 fully saturated rings. The Kier molecular flexibility index (Phi) is 3.51. The number of carbonyl (C=O) groups excluding carboxylic acids is 1. The maximum Gasteiger partial charge on any atom is 0.221 e. The van der Waals surface area contributed by atoms with Crippen molar-refractivity contribution < 1.29 is 4.79 Å². The molecule has 6 nitrogen and oxygen atoms in total. The summed E-state index contributed by atoms with van der Waals surface area (Å²) in [7, 11) is 0. The molecule has 0 atom stereocenters. The van der Waals surface area contributed by atoms with Gasteiger partial charge in [-0.3, -0.25) is 4.79 Å². The molecule has 0 bridgehead atoms. The lowest BCUT2D eigenvalue weighted by molar-refractivity contribution is -0.114. The van der Waals surface area contributed by atoms with Gasteiger partial charge in [0.25, 0.3) is 0 Å². The quantitative estimate of drug-likeness (QED) is 0.770. The Morgan fingerprint density at radius 1 is 1.10 bits per heavy atom. The first-order valence-electron chi connectivity index (χ1n) is 6.62. The van der Waals surface area contributed by atoms with Gasteiger partial charge in [-0.25, -0.2) is 4.68 Å². The molecule has 0 spiro atoms. The Morgan fingerprint density at radius 3 is 2.57 bits per heavy atom. The van der Waals surface area contributed by atoms with Gasteiger partial charge < -0.3 is 10.6 Å². The van der Waals surface area contributed by atoms with Crippen molar-refractivity contribution in [3.05, 3.63) is 48.5 Å². The monoisotopic (exact) mass is 281 g/mol. The van der Waals surface area contributed by atoms with Gasteiger partial charge in [-0.05, 0) is 36.4 Å². The number of carbonyl (C=O) groups is 1. The zero-order valence-corrected chi connectivity index (χ0v) is 11.6. The Morgan fingerprint density at radius 2 is 1.81 bits per heavy atom. The predicted octanol–water partition coefficient (Wildman–Crippen LogP) is 2.46.